The summed E-state index contributed by atoms with van der Waals surface area (Å²) in [5.41, 5.74) is 0. The molecule has 0 saturated heterocycles. The molecular weight excluding hydrogens is 194 g/mol. The van der Waals surface area contributed by atoms with Crippen LogP contribution in [0, 0.1) is 0 Å². The number of rotatable bonds is 3. The van der Waals surface area contributed by atoms with Gasteiger partial charge in [-0.15, -0.1) is 0 Å². The highest BCUT2D eigenvalue weighted by Gasteiger charge is 2.00. The average Bonchev–Trinajstić information content (AvgIpc) is 2.05. The molecule has 0 aliphatic rings. The molecule has 0 aliphatic carbocycles. The molecule has 0 spiro atoms. The number of nitrogens with one attached hydrogen (secondary N) is 1. The van der Waals surface area contributed by atoms with Crippen LogP contribution in [-0.2, 0) is 0 Å². The first-order valence-corrected chi connectivity index (χ1v) is 4.64. The van der Waals surface area contributed by atoms with Gasteiger partial charge in [0.25, 0.3) is 0 Å². The number of hydrogen-bond donors (Lipinski definition) is 1. The fourth-order valence-electron chi connectivity index (χ4n) is 0.828. The van der Waals surface area contributed by atoms with Crippen LogP contribution in [0.25, 0.3) is 0 Å². The smallest absolute Gasteiger partial charge is 0.137 e. The second-order valence-corrected chi connectivity index (χ2v) is 3.59. The molecule has 0 radical (unpaired) electrons. The Morgan fingerprint density at radius 3 is 2.75 bits per heavy atom. The molecule has 0 saturated carbocycles. The van der Waals surface area contributed by atoms with Gasteiger partial charge < -0.3 is 4.74 Å². The highest BCUT2D eigenvalue weighted by atomic mass is 35.5. The van der Waals surface area contributed by atoms with Crippen molar-refractivity contribution in [2.24, 2.45) is 0 Å². The van der Waals surface area contributed by atoms with Crippen molar-refractivity contribution in [1.29, 1.82) is 0 Å². The summed E-state index contributed by atoms with van der Waals surface area (Å²) >= 11 is 7.42. The minimum Gasteiger partial charge on any atom is -0.495 e. The summed E-state index contributed by atoms with van der Waals surface area (Å²) in [5.74, 6) is 0.706. The van der Waals surface area contributed by atoms with Crippen molar-refractivity contribution >= 4 is 23.5 Å². The Kier molecular flexibility index (Phi) is 3.72. The average molecular weight is 204 g/mol. The predicted octanol–water partition coefficient (Wildman–Crippen LogP) is 2.58. The number of methoxy groups -OCH3 is 1. The maximum Gasteiger partial charge on any atom is 0.137 e. The minimum atomic E-state index is 0.637. The Balaban J connectivity index is 2.86. The van der Waals surface area contributed by atoms with E-state index in [1.165, 1.54) is 11.9 Å². The van der Waals surface area contributed by atoms with Crippen molar-refractivity contribution in [3.8, 4) is 5.75 Å². The first-order chi connectivity index (χ1) is 5.77. The lowest BCUT2D eigenvalue weighted by Gasteiger charge is -2.04. The third-order valence-electron chi connectivity index (χ3n) is 1.34. The van der Waals surface area contributed by atoms with Gasteiger partial charge in [-0.1, -0.05) is 11.6 Å². The summed E-state index contributed by atoms with van der Waals surface area (Å²) in [6, 6.07) is 5.66. The summed E-state index contributed by atoms with van der Waals surface area (Å²) in [5, 5.41) is 0.637. The standard InChI is InChI=1S/C8H10ClNOS/c1-10-12-6-3-4-8(11-2)7(9)5-6/h3-5,10H,1-2H3. The monoisotopic (exact) mass is 203 g/mol. The minimum absolute atomic E-state index is 0.637. The Morgan fingerprint density at radius 2 is 2.25 bits per heavy atom. The van der Waals surface area contributed by atoms with Crippen LogP contribution < -0.4 is 9.46 Å². The van der Waals surface area contributed by atoms with Crippen LogP contribution in [0.15, 0.2) is 23.1 Å². The summed E-state index contributed by atoms with van der Waals surface area (Å²) in [4.78, 5) is 1.07. The Hall–Kier alpha value is -0.380. The van der Waals surface area contributed by atoms with E-state index in [-0.39, 0.29) is 0 Å². The molecule has 4 heteroatoms. The van der Waals surface area contributed by atoms with Crippen LogP contribution in [0.2, 0.25) is 5.02 Å². The van der Waals surface area contributed by atoms with Crippen molar-refractivity contribution in [1.82, 2.24) is 4.72 Å². The van der Waals surface area contributed by atoms with E-state index >= 15 is 0 Å². The summed E-state index contributed by atoms with van der Waals surface area (Å²) in [7, 11) is 3.47. The van der Waals surface area contributed by atoms with E-state index in [4.69, 9.17) is 16.3 Å². The molecule has 66 valence electrons. The van der Waals surface area contributed by atoms with E-state index in [0.717, 1.165) is 4.90 Å². The molecule has 0 unspecified atom stereocenters. The number of ether oxygens (including phenoxy) is 1. The summed E-state index contributed by atoms with van der Waals surface area (Å²) in [6.45, 7) is 0. The van der Waals surface area contributed by atoms with Crippen LogP contribution in [0.3, 0.4) is 0 Å². The molecule has 0 bridgehead atoms. The fourth-order valence-corrected chi connectivity index (χ4v) is 1.70. The molecule has 1 aromatic carbocycles. The van der Waals surface area contributed by atoms with Gasteiger partial charge in [0.15, 0.2) is 0 Å². The van der Waals surface area contributed by atoms with E-state index in [1.807, 2.05) is 25.2 Å². The van der Waals surface area contributed by atoms with Crippen molar-refractivity contribution in [2.45, 2.75) is 4.90 Å². The Labute approximate surface area is 81.4 Å². The molecule has 0 fully saturated rings. The molecule has 0 heterocycles. The number of benzene rings is 1. The predicted molar refractivity (Wildman–Crippen MR) is 52.9 cm³/mol. The highest BCUT2D eigenvalue weighted by molar-refractivity contribution is 7.97. The van der Waals surface area contributed by atoms with Crippen molar-refractivity contribution < 1.29 is 4.74 Å². The van der Waals surface area contributed by atoms with E-state index in [9.17, 15) is 0 Å². The topological polar surface area (TPSA) is 21.3 Å². The van der Waals surface area contributed by atoms with Crippen LogP contribution in [0.4, 0.5) is 0 Å². The van der Waals surface area contributed by atoms with Crippen LogP contribution >= 0.6 is 23.5 Å². The molecule has 1 aromatic rings. The van der Waals surface area contributed by atoms with Gasteiger partial charge in [-0.05, 0) is 37.2 Å². The molecule has 0 amide bonds. The lowest BCUT2D eigenvalue weighted by molar-refractivity contribution is 0.414. The van der Waals surface area contributed by atoms with Crippen LogP contribution in [0.5, 0.6) is 5.75 Å². The van der Waals surface area contributed by atoms with Gasteiger partial charge in [-0.3, -0.25) is 4.72 Å². The fraction of sp³-hybridized carbons (Fsp3) is 0.250. The maximum absolute atomic E-state index is 5.90. The summed E-state index contributed by atoms with van der Waals surface area (Å²) < 4.78 is 7.98. The van der Waals surface area contributed by atoms with Crippen molar-refractivity contribution in [3.05, 3.63) is 23.2 Å². The van der Waals surface area contributed by atoms with Crippen molar-refractivity contribution in [2.75, 3.05) is 14.2 Å². The zero-order valence-corrected chi connectivity index (χ0v) is 8.50. The lowest BCUT2D eigenvalue weighted by Crippen LogP contribution is -1.91. The molecular formula is C8H10ClNOS. The molecule has 12 heavy (non-hydrogen) atoms. The molecule has 0 aliphatic heterocycles. The second kappa shape index (κ2) is 4.60. The second-order valence-electron chi connectivity index (χ2n) is 2.10. The van der Waals surface area contributed by atoms with E-state index in [0.29, 0.717) is 10.8 Å². The molecule has 0 aromatic heterocycles. The maximum atomic E-state index is 5.90. The van der Waals surface area contributed by atoms with Gasteiger partial charge in [0.05, 0.1) is 12.1 Å². The van der Waals surface area contributed by atoms with Gasteiger partial charge in [0, 0.05) is 4.90 Å². The van der Waals surface area contributed by atoms with Gasteiger partial charge in [0.2, 0.25) is 0 Å². The van der Waals surface area contributed by atoms with Gasteiger partial charge >= 0.3 is 0 Å². The number of hydrogen-bond acceptors (Lipinski definition) is 3. The van der Waals surface area contributed by atoms with E-state index < -0.39 is 0 Å². The van der Waals surface area contributed by atoms with E-state index in [1.54, 1.807) is 7.11 Å². The zero-order chi connectivity index (χ0) is 8.97. The third-order valence-corrected chi connectivity index (χ3v) is 2.33. The Morgan fingerprint density at radius 1 is 1.50 bits per heavy atom. The largest absolute Gasteiger partial charge is 0.495 e. The molecule has 1 rings (SSSR count). The Bertz CT molecular complexity index is 267. The van der Waals surface area contributed by atoms with Crippen LogP contribution in [-0.4, -0.2) is 14.2 Å². The molecule has 0 atom stereocenters. The van der Waals surface area contributed by atoms with Crippen LogP contribution in [0.1, 0.15) is 0 Å². The lowest BCUT2D eigenvalue weighted by atomic mass is 10.3. The van der Waals surface area contributed by atoms with Gasteiger partial charge in [-0.25, -0.2) is 0 Å². The van der Waals surface area contributed by atoms with Crippen molar-refractivity contribution in [3.63, 3.8) is 0 Å². The molecule has 2 nitrogen and oxygen atoms in total. The van der Waals surface area contributed by atoms with E-state index in [2.05, 4.69) is 4.72 Å². The third kappa shape index (κ3) is 2.30. The normalized spacial score (nSPS) is 9.92. The van der Waals surface area contributed by atoms with Gasteiger partial charge in [-0.2, -0.15) is 0 Å². The first kappa shape index (κ1) is 9.71. The SMILES string of the molecule is CNSc1ccc(OC)c(Cl)c1. The number of halogens is 1. The zero-order valence-electron chi connectivity index (χ0n) is 6.93. The molecule has 1 N–H and O–H groups in total. The first-order valence-electron chi connectivity index (χ1n) is 3.45. The quantitative estimate of drug-likeness (QED) is 0.764. The summed E-state index contributed by atoms with van der Waals surface area (Å²) in [6.07, 6.45) is 0. The highest BCUT2D eigenvalue weighted by Crippen LogP contribution is 2.28. The van der Waals surface area contributed by atoms with Gasteiger partial charge in [0.1, 0.15) is 5.75 Å².